The zero-order valence-corrected chi connectivity index (χ0v) is 18.9. The molecular formula is C22H38N2O3S. The molecule has 0 spiro atoms. The Morgan fingerprint density at radius 2 is 2.11 bits per heavy atom. The van der Waals surface area contributed by atoms with Gasteiger partial charge in [0.25, 0.3) is 0 Å². The van der Waals surface area contributed by atoms with Crippen molar-refractivity contribution in [2.75, 3.05) is 40.1 Å². The summed E-state index contributed by atoms with van der Waals surface area (Å²) in [7, 11) is 3.06. The zero-order chi connectivity index (χ0) is 20.8. The SMILES string of the molecule is CCCCC1CCN(CCCC(CC(=O)OC)c2ccc(OC)nc2)C1.CS. The first-order chi connectivity index (χ1) is 13.7. The molecule has 2 unspecified atom stereocenters. The average molecular weight is 411 g/mol. The number of hydrogen-bond acceptors (Lipinski definition) is 6. The van der Waals surface area contributed by atoms with E-state index in [1.165, 1.54) is 45.9 Å². The molecule has 0 N–H and O–H groups in total. The number of aromatic nitrogens is 1. The lowest BCUT2D eigenvalue weighted by atomic mass is 9.92. The maximum absolute atomic E-state index is 11.8. The molecule has 0 amide bonds. The molecule has 2 atom stereocenters. The van der Waals surface area contributed by atoms with Gasteiger partial charge in [-0.1, -0.05) is 25.8 Å². The van der Waals surface area contributed by atoms with Crippen LogP contribution in [0.5, 0.6) is 5.88 Å². The highest BCUT2D eigenvalue weighted by Crippen LogP contribution is 2.27. The van der Waals surface area contributed by atoms with Crippen LogP contribution < -0.4 is 4.74 Å². The fourth-order valence-electron chi connectivity index (χ4n) is 3.83. The Balaban J connectivity index is 0.00000190. The van der Waals surface area contributed by atoms with Crippen LogP contribution in [-0.2, 0) is 9.53 Å². The average Bonchev–Trinajstić information content (AvgIpc) is 3.20. The summed E-state index contributed by atoms with van der Waals surface area (Å²) in [5, 5.41) is 0. The number of rotatable bonds is 11. The molecule has 0 radical (unpaired) electrons. The second-order valence-corrected chi connectivity index (χ2v) is 7.35. The first-order valence-electron chi connectivity index (χ1n) is 10.4. The van der Waals surface area contributed by atoms with Crippen molar-refractivity contribution < 1.29 is 14.3 Å². The van der Waals surface area contributed by atoms with Crippen LogP contribution in [-0.4, -0.2) is 56.0 Å². The Morgan fingerprint density at radius 3 is 2.71 bits per heavy atom. The second-order valence-electron chi connectivity index (χ2n) is 7.35. The minimum Gasteiger partial charge on any atom is -0.481 e. The van der Waals surface area contributed by atoms with E-state index in [9.17, 15) is 4.79 Å². The first-order valence-corrected chi connectivity index (χ1v) is 11.3. The maximum Gasteiger partial charge on any atom is 0.306 e. The Kier molecular flexibility index (Phi) is 13.0. The molecule has 1 aliphatic heterocycles. The highest BCUT2D eigenvalue weighted by atomic mass is 32.1. The van der Waals surface area contributed by atoms with E-state index in [1.807, 2.05) is 18.3 Å². The van der Waals surface area contributed by atoms with Crippen molar-refractivity contribution in [3.05, 3.63) is 23.9 Å². The molecular weight excluding hydrogens is 372 g/mol. The molecule has 28 heavy (non-hydrogen) atoms. The Labute approximate surface area is 176 Å². The van der Waals surface area contributed by atoms with Gasteiger partial charge in [0.05, 0.1) is 20.6 Å². The number of esters is 1. The van der Waals surface area contributed by atoms with Crippen molar-refractivity contribution >= 4 is 18.6 Å². The van der Waals surface area contributed by atoms with E-state index in [1.54, 1.807) is 13.4 Å². The summed E-state index contributed by atoms with van der Waals surface area (Å²) in [6.45, 7) is 5.85. The van der Waals surface area contributed by atoms with Crippen LogP contribution >= 0.6 is 12.6 Å². The number of pyridine rings is 1. The van der Waals surface area contributed by atoms with Gasteiger partial charge < -0.3 is 14.4 Å². The van der Waals surface area contributed by atoms with Crippen LogP contribution in [0.3, 0.4) is 0 Å². The van der Waals surface area contributed by atoms with E-state index >= 15 is 0 Å². The van der Waals surface area contributed by atoms with Gasteiger partial charge in [-0.2, -0.15) is 12.6 Å². The largest absolute Gasteiger partial charge is 0.481 e. The zero-order valence-electron chi connectivity index (χ0n) is 18.0. The third-order valence-electron chi connectivity index (χ3n) is 5.44. The molecule has 0 bridgehead atoms. The third-order valence-corrected chi connectivity index (χ3v) is 5.44. The lowest BCUT2D eigenvalue weighted by Gasteiger charge is -2.20. The van der Waals surface area contributed by atoms with Gasteiger partial charge in [-0.15, -0.1) is 0 Å². The molecule has 1 aromatic rings. The van der Waals surface area contributed by atoms with Gasteiger partial charge >= 0.3 is 5.97 Å². The molecule has 0 saturated carbocycles. The van der Waals surface area contributed by atoms with E-state index < -0.39 is 0 Å². The summed E-state index contributed by atoms with van der Waals surface area (Å²) < 4.78 is 10.0. The summed E-state index contributed by atoms with van der Waals surface area (Å²) >= 11 is 3.53. The van der Waals surface area contributed by atoms with Gasteiger partial charge in [-0.05, 0) is 62.4 Å². The van der Waals surface area contributed by atoms with E-state index in [2.05, 4.69) is 29.4 Å². The summed E-state index contributed by atoms with van der Waals surface area (Å²) in [5.41, 5.74) is 1.08. The van der Waals surface area contributed by atoms with Crippen molar-refractivity contribution in [3.8, 4) is 5.88 Å². The summed E-state index contributed by atoms with van der Waals surface area (Å²) in [4.78, 5) is 18.7. The first kappa shape index (κ1) is 24.8. The summed E-state index contributed by atoms with van der Waals surface area (Å²) in [5.74, 6) is 1.47. The fourth-order valence-corrected chi connectivity index (χ4v) is 3.83. The Hall–Kier alpha value is -1.27. The number of unbranched alkanes of at least 4 members (excludes halogenated alkanes) is 1. The Morgan fingerprint density at radius 1 is 1.32 bits per heavy atom. The molecule has 1 aromatic heterocycles. The van der Waals surface area contributed by atoms with Gasteiger partial charge in [0.2, 0.25) is 5.88 Å². The standard InChI is InChI=1S/C21H34N2O3.CH4S/c1-4-5-7-17-11-13-23(16-17)12-6-8-18(14-21(24)26-3)19-9-10-20(25-2)22-15-19;1-2/h9-10,15,17-18H,4-8,11-14,16H2,1-3H3;2H,1H3. The molecule has 0 aromatic carbocycles. The number of likely N-dealkylation sites (tertiary alicyclic amines) is 1. The van der Waals surface area contributed by atoms with E-state index in [0.29, 0.717) is 12.3 Å². The molecule has 2 heterocycles. The van der Waals surface area contributed by atoms with E-state index in [4.69, 9.17) is 9.47 Å². The minimum atomic E-state index is -0.161. The van der Waals surface area contributed by atoms with E-state index in [-0.39, 0.29) is 11.9 Å². The lowest BCUT2D eigenvalue weighted by Crippen LogP contribution is -2.22. The number of thiol groups is 1. The van der Waals surface area contributed by atoms with Crippen LogP contribution in [0.4, 0.5) is 0 Å². The smallest absolute Gasteiger partial charge is 0.306 e. The van der Waals surface area contributed by atoms with Crippen LogP contribution in [0.15, 0.2) is 18.3 Å². The molecule has 2 rings (SSSR count). The van der Waals surface area contributed by atoms with Gasteiger partial charge in [0.15, 0.2) is 0 Å². The highest BCUT2D eigenvalue weighted by Gasteiger charge is 2.22. The topological polar surface area (TPSA) is 51.7 Å². The molecule has 160 valence electrons. The summed E-state index contributed by atoms with van der Waals surface area (Å²) in [6, 6.07) is 3.87. The van der Waals surface area contributed by atoms with Crippen LogP contribution in [0.1, 0.15) is 63.4 Å². The van der Waals surface area contributed by atoms with Crippen molar-refractivity contribution in [3.63, 3.8) is 0 Å². The van der Waals surface area contributed by atoms with Crippen LogP contribution in [0, 0.1) is 5.92 Å². The number of hydrogen-bond donors (Lipinski definition) is 1. The van der Waals surface area contributed by atoms with Gasteiger partial charge in [-0.25, -0.2) is 4.98 Å². The molecule has 1 fully saturated rings. The molecule has 1 aliphatic rings. The number of nitrogens with zero attached hydrogens (tertiary/aromatic N) is 2. The predicted octanol–water partition coefficient (Wildman–Crippen LogP) is 4.58. The highest BCUT2D eigenvalue weighted by molar-refractivity contribution is 7.79. The summed E-state index contributed by atoms with van der Waals surface area (Å²) in [6.07, 6.45) is 11.3. The van der Waals surface area contributed by atoms with E-state index in [0.717, 1.165) is 30.9 Å². The van der Waals surface area contributed by atoms with Crippen molar-refractivity contribution in [1.29, 1.82) is 0 Å². The predicted molar refractivity (Wildman–Crippen MR) is 118 cm³/mol. The van der Waals surface area contributed by atoms with Crippen LogP contribution in [0.25, 0.3) is 0 Å². The van der Waals surface area contributed by atoms with Crippen molar-refractivity contribution in [1.82, 2.24) is 9.88 Å². The number of carbonyl (C=O) groups is 1. The number of carbonyl (C=O) groups excluding carboxylic acids is 1. The van der Waals surface area contributed by atoms with Gasteiger partial charge in [-0.3, -0.25) is 4.79 Å². The van der Waals surface area contributed by atoms with Gasteiger partial charge in [0, 0.05) is 18.8 Å². The Bertz CT molecular complexity index is 539. The minimum absolute atomic E-state index is 0.152. The quantitative estimate of drug-likeness (QED) is 0.428. The molecule has 6 heteroatoms. The second kappa shape index (κ2) is 14.7. The molecule has 5 nitrogen and oxygen atoms in total. The molecule has 1 saturated heterocycles. The van der Waals surface area contributed by atoms with Gasteiger partial charge in [0.1, 0.15) is 0 Å². The number of ether oxygens (including phenoxy) is 2. The number of methoxy groups -OCH3 is 2. The van der Waals surface area contributed by atoms with Crippen LogP contribution in [0.2, 0.25) is 0 Å². The fraction of sp³-hybridized carbons (Fsp3) is 0.727. The maximum atomic E-state index is 11.8. The molecule has 0 aliphatic carbocycles. The lowest BCUT2D eigenvalue weighted by molar-refractivity contribution is -0.141. The normalized spacial score (nSPS) is 17.5. The van der Waals surface area contributed by atoms with Crippen molar-refractivity contribution in [2.45, 2.75) is 57.8 Å². The third kappa shape index (κ3) is 8.82. The monoisotopic (exact) mass is 410 g/mol. The van der Waals surface area contributed by atoms with Crippen molar-refractivity contribution in [2.24, 2.45) is 5.92 Å².